The van der Waals surface area contributed by atoms with Gasteiger partial charge in [0.05, 0.1) is 11.4 Å². The van der Waals surface area contributed by atoms with E-state index >= 15 is 0 Å². The van der Waals surface area contributed by atoms with Gasteiger partial charge in [-0.3, -0.25) is 4.68 Å². The summed E-state index contributed by atoms with van der Waals surface area (Å²) >= 11 is 0. The number of hydrogen-bond acceptors (Lipinski definition) is 2. The fourth-order valence-corrected chi connectivity index (χ4v) is 1.91. The van der Waals surface area contributed by atoms with Crippen LogP contribution in [0.5, 0.6) is 0 Å². The van der Waals surface area contributed by atoms with Gasteiger partial charge in [-0.05, 0) is 32.9 Å². The second-order valence-corrected chi connectivity index (χ2v) is 4.33. The van der Waals surface area contributed by atoms with Crippen molar-refractivity contribution in [1.29, 1.82) is 0 Å². The van der Waals surface area contributed by atoms with E-state index in [2.05, 4.69) is 41.9 Å². The van der Waals surface area contributed by atoms with E-state index in [1.807, 2.05) is 0 Å². The predicted molar refractivity (Wildman–Crippen MR) is 68.5 cm³/mol. The van der Waals surface area contributed by atoms with E-state index in [9.17, 15) is 0 Å². The summed E-state index contributed by atoms with van der Waals surface area (Å²) in [6.07, 6.45) is 5.29. The molecule has 0 atom stereocenters. The number of aryl methyl sites for hydroxylation is 2. The topological polar surface area (TPSA) is 29.9 Å². The zero-order chi connectivity index (χ0) is 11.8. The molecular weight excluding hydrogens is 198 g/mol. The fourth-order valence-electron chi connectivity index (χ4n) is 1.91. The van der Waals surface area contributed by atoms with Crippen molar-refractivity contribution >= 4 is 0 Å². The highest BCUT2D eigenvalue weighted by Gasteiger charge is 2.02. The molecule has 1 rings (SSSR count). The first-order valence-electron chi connectivity index (χ1n) is 6.52. The van der Waals surface area contributed by atoms with Crippen molar-refractivity contribution in [3.63, 3.8) is 0 Å². The molecule has 0 aliphatic rings. The van der Waals surface area contributed by atoms with E-state index in [-0.39, 0.29) is 0 Å². The fraction of sp³-hybridized carbons (Fsp3) is 0.769. The molecule has 0 amide bonds. The van der Waals surface area contributed by atoms with Crippen LogP contribution < -0.4 is 5.32 Å². The number of hydrogen-bond donors (Lipinski definition) is 1. The monoisotopic (exact) mass is 223 g/mol. The Balaban J connectivity index is 2.21. The summed E-state index contributed by atoms with van der Waals surface area (Å²) in [5, 5.41) is 7.92. The lowest BCUT2D eigenvalue weighted by atomic mass is 10.2. The normalized spacial score (nSPS) is 10.9. The maximum absolute atomic E-state index is 4.43. The zero-order valence-electron chi connectivity index (χ0n) is 10.9. The van der Waals surface area contributed by atoms with Crippen LogP contribution in [0, 0.1) is 6.92 Å². The molecule has 0 saturated heterocycles. The Morgan fingerprint density at radius 2 is 2.06 bits per heavy atom. The maximum Gasteiger partial charge on any atom is 0.0597 e. The van der Waals surface area contributed by atoms with Crippen molar-refractivity contribution in [2.75, 3.05) is 6.54 Å². The van der Waals surface area contributed by atoms with Crippen LogP contribution in [-0.2, 0) is 13.1 Å². The molecule has 0 saturated carbocycles. The Morgan fingerprint density at radius 3 is 2.75 bits per heavy atom. The minimum absolute atomic E-state index is 0.945. The van der Waals surface area contributed by atoms with Crippen molar-refractivity contribution in [3.05, 3.63) is 17.5 Å². The predicted octanol–water partition coefficient (Wildman–Crippen LogP) is 2.88. The van der Waals surface area contributed by atoms with Crippen LogP contribution in [0.25, 0.3) is 0 Å². The first kappa shape index (κ1) is 13.2. The summed E-state index contributed by atoms with van der Waals surface area (Å²) in [5.74, 6) is 0. The molecule has 1 heterocycles. The third kappa shape index (κ3) is 4.35. The Bertz CT molecular complexity index is 291. The van der Waals surface area contributed by atoms with E-state index in [0.717, 1.165) is 25.3 Å². The smallest absolute Gasteiger partial charge is 0.0597 e. The largest absolute Gasteiger partial charge is 0.311 e. The van der Waals surface area contributed by atoms with Crippen LogP contribution in [0.2, 0.25) is 0 Å². The Morgan fingerprint density at radius 1 is 1.25 bits per heavy atom. The van der Waals surface area contributed by atoms with Gasteiger partial charge in [0.2, 0.25) is 0 Å². The molecule has 92 valence electrons. The van der Waals surface area contributed by atoms with E-state index in [4.69, 9.17) is 0 Å². The molecule has 3 nitrogen and oxygen atoms in total. The molecule has 0 bridgehead atoms. The lowest BCUT2D eigenvalue weighted by Crippen LogP contribution is -2.17. The highest BCUT2D eigenvalue weighted by molar-refractivity contribution is 5.08. The van der Waals surface area contributed by atoms with Crippen molar-refractivity contribution in [2.24, 2.45) is 0 Å². The molecule has 0 unspecified atom stereocenters. The Labute approximate surface area is 99.2 Å². The average molecular weight is 223 g/mol. The summed E-state index contributed by atoms with van der Waals surface area (Å²) < 4.78 is 2.08. The van der Waals surface area contributed by atoms with Crippen molar-refractivity contribution < 1.29 is 0 Å². The van der Waals surface area contributed by atoms with Gasteiger partial charge >= 0.3 is 0 Å². The summed E-state index contributed by atoms with van der Waals surface area (Å²) in [6, 6.07) is 2.17. The SMILES string of the molecule is CCCCCCNCc1cc(C)nn1CC. The highest BCUT2D eigenvalue weighted by atomic mass is 15.3. The van der Waals surface area contributed by atoms with Crippen molar-refractivity contribution in [2.45, 2.75) is 59.5 Å². The molecular formula is C13H25N3. The van der Waals surface area contributed by atoms with Crippen LogP contribution >= 0.6 is 0 Å². The molecule has 1 aromatic heterocycles. The van der Waals surface area contributed by atoms with Gasteiger partial charge in [0, 0.05) is 13.1 Å². The van der Waals surface area contributed by atoms with Gasteiger partial charge < -0.3 is 5.32 Å². The number of nitrogens with zero attached hydrogens (tertiary/aromatic N) is 2. The quantitative estimate of drug-likeness (QED) is 0.687. The second kappa shape index (κ2) is 7.44. The molecule has 0 aromatic carbocycles. The molecule has 0 radical (unpaired) electrons. The summed E-state index contributed by atoms with van der Waals surface area (Å²) in [6.45, 7) is 9.46. The number of rotatable bonds is 8. The minimum atomic E-state index is 0.945. The Kier molecular flexibility index (Phi) is 6.16. The van der Waals surface area contributed by atoms with Gasteiger partial charge in [0.15, 0.2) is 0 Å². The average Bonchev–Trinajstić information content (AvgIpc) is 2.64. The summed E-state index contributed by atoms with van der Waals surface area (Å²) in [7, 11) is 0. The third-order valence-electron chi connectivity index (χ3n) is 2.80. The van der Waals surface area contributed by atoms with Gasteiger partial charge in [0.25, 0.3) is 0 Å². The minimum Gasteiger partial charge on any atom is -0.311 e. The number of unbranched alkanes of at least 4 members (excludes halogenated alkanes) is 3. The van der Waals surface area contributed by atoms with Crippen LogP contribution in [0.4, 0.5) is 0 Å². The summed E-state index contributed by atoms with van der Waals surface area (Å²) in [4.78, 5) is 0. The van der Waals surface area contributed by atoms with Gasteiger partial charge in [-0.25, -0.2) is 0 Å². The number of aromatic nitrogens is 2. The molecule has 1 aromatic rings. The molecule has 0 fully saturated rings. The lowest BCUT2D eigenvalue weighted by molar-refractivity contribution is 0.557. The first-order valence-corrected chi connectivity index (χ1v) is 6.52. The first-order chi connectivity index (χ1) is 7.77. The molecule has 1 N–H and O–H groups in total. The van der Waals surface area contributed by atoms with Crippen LogP contribution in [0.3, 0.4) is 0 Å². The zero-order valence-corrected chi connectivity index (χ0v) is 10.9. The molecule has 3 heteroatoms. The van der Waals surface area contributed by atoms with Crippen molar-refractivity contribution in [1.82, 2.24) is 15.1 Å². The Hall–Kier alpha value is -0.830. The van der Waals surface area contributed by atoms with E-state index < -0.39 is 0 Å². The van der Waals surface area contributed by atoms with Gasteiger partial charge in [-0.15, -0.1) is 0 Å². The van der Waals surface area contributed by atoms with Crippen LogP contribution in [0.15, 0.2) is 6.07 Å². The van der Waals surface area contributed by atoms with Crippen LogP contribution in [0.1, 0.15) is 50.9 Å². The molecule has 0 aliphatic heterocycles. The highest BCUT2D eigenvalue weighted by Crippen LogP contribution is 2.03. The second-order valence-electron chi connectivity index (χ2n) is 4.33. The lowest BCUT2D eigenvalue weighted by Gasteiger charge is -2.06. The van der Waals surface area contributed by atoms with Crippen LogP contribution in [-0.4, -0.2) is 16.3 Å². The van der Waals surface area contributed by atoms with Crippen molar-refractivity contribution in [3.8, 4) is 0 Å². The van der Waals surface area contributed by atoms with Gasteiger partial charge in [-0.2, -0.15) is 5.10 Å². The van der Waals surface area contributed by atoms with E-state index in [1.54, 1.807) is 0 Å². The third-order valence-corrected chi connectivity index (χ3v) is 2.80. The molecule has 16 heavy (non-hydrogen) atoms. The standard InChI is InChI=1S/C13H25N3/c1-4-6-7-8-9-14-11-13-10-12(3)15-16(13)5-2/h10,14H,4-9,11H2,1-3H3. The van der Waals surface area contributed by atoms with E-state index in [0.29, 0.717) is 0 Å². The molecule has 0 spiro atoms. The van der Waals surface area contributed by atoms with E-state index in [1.165, 1.54) is 31.4 Å². The molecule has 0 aliphatic carbocycles. The number of nitrogens with one attached hydrogen (secondary N) is 1. The maximum atomic E-state index is 4.43. The summed E-state index contributed by atoms with van der Waals surface area (Å²) in [5.41, 5.74) is 2.42. The van der Waals surface area contributed by atoms with Gasteiger partial charge in [0.1, 0.15) is 0 Å². The van der Waals surface area contributed by atoms with Gasteiger partial charge in [-0.1, -0.05) is 26.2 Å².